The SMILES string of the molecule is CCCCCCCCCCCCc1cc(-c2ccc(N(c3ccc(C)cc3)c3ccc(-c4ccc(-c5ccc(N(c6ccc(C)cc6)c6ccc(-c7cc(CCCCCCCCCCCC)c(-c8ccc(N(c9ccccc9)c9ccccc9)cc8)s7)cc6)cc5)c5nsnc45)cc3)cc2)sc1-c1ccc(N(c2ccccc2)c2ccccc2)cc1. The molecule has 0 saturated heterocycles. The number of hydrogen-bond acceptors (Lipinski definition) is 9. The molecule has 0 unspecified atom stereocenters. The summed E-state index contributed by atoms with van der Waals surface area (Å²) in [5.74, 6) is 0. The molecule has 0 aliphatic carbocycles. The van der Waals surface area contributed by atoms with Crippen LogP contribution in [0.3, 0.4) is 0 Å². The highest BCUT2D eigenvalue weighted by atomic mass is 32.1. The maximum Gasteiger partial charge on any atom is 0.113 e. The molecule has 0 saturated carbocycles. The van der Waals surface area contributed by atoms with Gasteiger partial charge in [-0.2, -0.15) is 8.75 Å². The smallest absolute Gasteiger partial charge is 0.113 e. The summed E-state index contributed by atoms with van der Waals surface area (Å²) in [5, 5.41) is 0. The summed E-state index contributed by atoms with van der Waals surface area (Å²) in [4.78, 5) is 14.8. The molecule has 0 spiro atoms. The average molecular weight is 1640 g/mol. The number of benzene rings is 13. The van der Waals surface area contributed by atoms with Crippen LogP contribution in [0.1, 0.15) is 165 Å². The van der Waals surface area contributed by atoms with Gasteiger partial charge in [-0.15, -0.1) is 22.7 Å². The van der Waals surface area contributed by atoms with Crippen LogP contribution < -0.4 is 19.6 Å². The van der Waals surface area contributed by atoms with Crippen LogP contribution in [0.2, 0.25) is 0 Å². The van der Waals surface area contributed by atoms with Crippen molar-refractivity contribution in [2.75, 3.05) is 19.6 Å². The number of para-hydroxylation sites is 4. The van der Waals surface area contributed by atoms with Gasteiger partial charge < -0.3 is 19.6 Å². The van der Waals surface area contributed by atoms with E-state index in [0.717, 1.165) is 114 Å². The second-order valence-electron chi connectivity index (χ2n) is 32.6. The average Bonchev–Trinajstić information content (AvgIpc) is 1.70. The molecular weight excluding hydrogens is 1530 g/mol. The molecule has 0 bridgehead atoms. The number of fused-ring (bicyclic) bond motifs is 1. The first-order valence-electron chi connectivity index (χ1n) is 44.5. The lowest BCUT2D eigenvalue weighted by molar-refractivity contribution is 0.556. The summed E-state index contributed by atoms with van der Waals surface area (Å²) in [7, 11) is 0. The van der Waals surface area contributed by atoms with Gasteiger partial charge >= 0.3 is 0 Å². The van der Waals surface area contributed by atoms with Crippen molar-refractivity contribution in [3.05, 3.63) is 362 Å². The molecule has 608 valence electrons. The van der Waals surface area contributed by atoms with Crippen LogP contribution in [-0.2, 0) is 12.8 Å². The maximum absolute atomic E-state index is 5.02. The zero-order valence-corrected chi connectivity index (χ0v) is 73.2. The lowest BCUT2D eigenvalue weighted by Gasteiger charge is -2.26. The highest BCUT2D eigenvalue weighted by Crippen LogP contribution is 2.48. The normalized spacial score (nSPS) is 11.4. The molecule has 0 aliphatic rings. The molecule has 0 aliphatic heterocycles. The van der Waals surface area contributed by atoms with Gasteiger partial charge in [0.25, 0.3) is 0 Å². The minimum absolute atomic E-state index is 0.903. The minimum atomic E-state index is 0.903. The maximum atomic E-state index is 5.02. The Bertz CT molecular complexity index is 5410. The minimum Gasteiger partial charge on any atom is -0.311 e. The Hall–Kier alpha value is -11.7. The summed E-state index contributed by atoms with van der Waals surface area (Å²) in [6.45, 7) is 8.92. The Morgan fingerprint density at radius 1 is 0.223 bits per heavy atom. The van der Waals surface area contributed by atoms with Crippen LogP contribution in [0.25, 0.3) is 75.0 Å². The first-order chi connectivity index (χ1) is 59.8. The number of rotatable bonds is 40. The fraction of sp³-hybridized carbons (Fsp3) is 0.232. The molecule has 121 heavy (non-hydrogen) atoms. The van der Waals surface area contributed by atoms with Crippen molar-refractivity contribution in [2.45, 2.75) is 169 Å². The number of thiophene rings is 2. The van der Waals surface area contributed by atoms with Gasteiger partial charge in [0.05, 0.1) is 11.7 Å². The third-order valence-corrected chi connectivity index (χ3v) is 26.8. The molecular formula is C112H112N6S3. The van der Waals surface area contributed by atoms with E-state index < -0.39 is 0 Å². The summed E-state index contributed by atoms with van der Waals surface area (Å²) < 4.78 is 10.0. The Morgan fingerprint density at radius 2 is 0.446 bits per heavy atom. The quantitative estimate of drug-likeness (QED) is 0.0357. The molecule has 0 fully saturated rings. The van der Waals surface area contributed by atoms with E-state index in [1.54, 1.807) is 0 Å². The molecule has 13 aromatic carbocycles. The topological polar surface area (TPSA) is 38.7 Å². The van der Waals surface area contributed by atoms with Crippen LogP contribution >= 0.6 is 34.4 Å². The first-order valence-corrected chi connectivity index (χ1v) is 46.8. The van der Waals surface area contributed by atoms with E-state index in [0.29, 0.717) is 0 Å². The Balaban J connectivity index is 0.636. The molecule has 0 amide bonds. The van der Waals surface area contributed by atoms with Crippen molar-refractivity contribution in [3.63, 3.8) is 0 Å². The summed E-state index contributed by atoms with van der Waals surface area (Å²) >= 11 is 5.13. The molecule has 16 aromatic rings. The third kappa shape index (κ3) is 20.7. The second kappa shape index (κ2) is 41.5. The van der Waals surface area contributed by atoms with E-state index in [9.17, 15) is 0 Å². The van der Waals surface area contributed by atoms with E-state index in [4.69, 9.17) is 8.75 Å². The van der Waals surface area contributed by atoms with E-state index in [1.165, 1.54) is 204 Å². The number of aryl methyl sites for hydroxylation is 4. The second-order valence-corrected chi connectivity index (χ2v) is 35.2. The summed E-state index contributed by atoms with van der Waals surface area (Å²) in [6.07, 6.45) is 28.6. The monoisotopic (exact) mass is 1640 g/mol. The molecule has 0 radical (unpaired) electrons. The number of aromatic nitrogens is 2. The highest BCUT2D eigenvalue weighted by molar-refractivity contribution is 7.19. The van der Waals surface area contributed by atoms with Crippen molar-refractivity contribution in [2.24, 2.45) is 0 Å². The molecule has 9 heteroatoms. The highest BCUT2D eigenvalue weighted by Gasteiger charge is 2.23. The molecule has 3 aromatic heterocycles. The molecule has 0 atom stereocenters. The van der Waals surface area contributed by atoms with Gasteiger partial charge in [0.2, 0.25) is 0 Å². The van der Waals surface area contributed by atoms with Gasteiger partial charge in [0, 0.05) is 98.9 Å². The fourth-order valence-electron chi connectivity index (χ4n) is 17.1. The van der Waals surface area contributed by atoms with Gasteiger partial charge in [0.1, 0.15) is 11.0 Å². The predicted molar refractivity (Wildman–Crippen MR) is 525 cm³/mol. The van der Waals surface area contributed by atoms with Crippen LogP contribution in [0.5, 0.6) is 0 Å². The van der Waals surface area contributed by atoms with Gasteiger partial charge in [-0.1, -0.05) is 323 Å². The van der Waals surface area contributed by atoms with Crippen molar-refractivity contribution in [1.29, 1.82) is 0 Å². The largest absolute Gasteiger partial charge is 0.311 e. The number of nitrogens with zero attached hydrogens (tertiary/aromatic N) is 6. The van der Waals surface area contributed by atoms with Gasteiger partial charge in [-0.3, -0.25) is 0 Å². The zero-order chi connectivity index (χ0) is 82.3. The van der Waals surface area contributed by atoms with E-state index in [-0.39, 0.29) is 0 Å². The van der Waals surface area contributed by atoms with E-state index in [2.05, 4.69) is 387 Å². The molecule has 3 heterocycles. The number of unbranched alkanes of at least 4 members (excludes halogenated alkanes) is 18. The number of hydrogen-bond donors (Lipinski definition) is 0. The van der Waals surface area contributed by atoms with Crippen molar-refractivity contribution >= 4 is 114 Å². The standard InChI is InChI=1S/C112H112N6S3/c1-5-7-9-11-13-15-17-19-21-27-37-91-81-107(119-111(91)89-59-75-103(76-60-89)115(93-39-29-23-30-40-93)94-41-31-24-32-42-94)87-55-71-101(72-56-87)117(97-63-47-83(3)48-64-97)99-67-51-85(52-68-99)105-79-80-106(110-109(105)113-121-114-110)86-53-69-100(70-54-86)118(98-65-49-84(4)50-66-98)102-73-57-88(58-74-102)108-82-92(38-28-22-20-18-16-14-12-10-8-6-2)112(120-108)90-61-77-104(78-62-90)116(95-43-33-25-34-44-95)96-45-35-26-36-46-96/h23-26,29-36,39-82H,5-22,27-28,37-38H2,1-4H3. The summed E-state index contributed by atoms with van der Waals surface area (Å²) in [6, 6.07) is 125. The van der Waals surface area contributed by atoms with Gasteiger partial charge in [0.15, 0.2) is 0 Å². The molecule has 6 nitrogen and oxygen atoms in total. The van der Waals surface area contributed by atoms with Crippen molar-refractivity contribution in [3.8, 4) is 64.0 Å². The Kier molecular flexibility index (Phi) is 28.5. The van der Waals surface area contributed by atoms with Crippen LogP contribution in [0, 0.1) is 13.8 Å². The predicted octanol–water partition coefficient (Wildman–Crippen LogP) is 35.2. The van der Waals surface area contributed by atoms with E-state index in [1.807, 2.05) is 22.7 Å². The number of anilines is 12. The molecule has 0 N–H and O–H groups in total. The van der Waals surface area contributed by atoms with Crippen LogP contribution in [0.15, 0.2) is 340 Å². The van der Waals surface area contributed by atoms with Gasteiger partial charge in [-0.05, 0) is 242 Å². The fourth-order valence-corrected chi connectivity index (χ4v) is 20.1. The third-order valence-electron chi connectivity index (χ3n) is 23.7. The van der Waals surface area contributed by atoms with E-state index >= 15 is 0 Å². The molecule has 16 rings (SSSR count). The Morgan fingerprint density at radius 3 is 0.711 bits per heavy atom. The van der Waals surface area contributed by atoms with Crippen LogP contribution in [0.4, 0.5) is 68.2 Å². The lowest BCUT2D eigenvalue weighted by Crippen LogP contribution is -2.09. The van der Waals surface area contributed by atoms with Crippen molar-refractivity contribution < 1.29 is 0 Å². The summed E-state index contributed by atoms with van der Waals surface area (Å²) in [5.41, 5.74) is 29.8. The van der Waals surface area contributed by atoms with Crippen LogP contribution in [-0.4, -0.2) is 8.75 Å². The zero-order valence-electron chi connectivity index (χ0n) is 70.8. The van der Waals surface area contributed by atoms with Gasteiger partial charge in [-0.25, -0.2) is 0 Å². The Labute approximate surface area is 731 Å². The van der Waals surface area contributed by atoms with Crippen molar-refractivity contribution in [1.82, 2.24) is 8.75 Å². The lowest BCUT2D eigenvalue weighted by atomic mass is 9.97. The first kappa shape index (κ1) is 83.0.